The third-order valence-corrected chi connectivity index (χ3v) is 13.5. The summed E-state index contributed by atoms with van der Waals surface area (Å²) in [6.45, 7) is 4.42. The number of hydrogen-bond acceptors (Lipinski definition) is 7. The molecule has 7 rings (SSSR count). The summed E-state index contributed by atoms with van der Waals surface area (Å²) >= 11 is 6.41. The number of nitrogens with zero attached hydrogens (tertiary/aromatic N) is 1. The third kappa shape index (κ3) is 6.20. The first kappa shape index (κ1) is 32.0. The molecule has 1 saturated heterocycles. The van der Waals surface area contributed by atoms with E-state index in [-0.39, 0.29) is 34.8 Å². The number of amides is 1. The van der Waals surface area contributed by atoms with Crippen LogP contribution < -0.4 is 14.4 Å². The molecule has 0 aromatic heterocycles. The number of nitrogens with one attached hydrogen (secondary N) is 1. The molecule has 1 spiro atoms. The molecule has 1 amide bonds. The number of carbonyl (C=O) groups is 1. The molecule has 2 N–H and O–H groups in total. The number of anilines is 1. The number of halogens is 1. The minimum atomic E-state index is -4.04. The smallest absolute Gasteiger partial charge is 0.264 e. The van der Waals surface area contributed by atoms with Gasteiger partial charge < -0.3 is 19.5 Å². The summed E-state index contributed by atoms with van der Waals surface area (Å²) in [5, 5.41) is 11.2. The van der Waals surface area contributed by atoms with E-state index in [9.17, 15) is 18.3 Å². The van der Waals surface area contributed by atoms with Crippen LogP contribution in [-0.4, -0.2) is 63.2 Å². The molecule has 2 aromatic carbocycles. The van der Waals surface area contributed by atoms with Gasteiger partial charge in [0.2, 0.25) is 10.0 Å². The molecule has 5 aliphatic rings. The molecule has 0 radical (unpaired) electrons. The van der Waals surface area contributed by atoms with Gasteiger partial charge in [-0.1, -0.05) is 36.7 Å². The fourth-order valence-corrected chi connectivity index (χ4v) is 10.5. The highest BCUT2D eigenvalue weighted by atomic mass is 35.5. The van der Waals surface area contributed by atoms with E-state index in [0.29, 0.717) is 44.9 Å². The third-order valence-electron chi connectivity index (χ3n) is 11.3. The van der Waals surface area contributed by atoms with E-state index in [1.165, 1.54) is 11.1 Å². The number of rotatable bonds is 2. The SMILES string of the molecule is C[C@H]1C/C=C/[C@H](O)[C@@H]2CC[C@H]2CN2C[C@@]3(CCCc4cc(Cl)ccc43)COc3ccc(cc32)C(=O)NS(=O)(=O)[C@H]1C[C@@H]1CCCO1. The molecular weight excluding hydrogens is 624 g/mol. The molecule has 2 aliphatic carbocycles. The van der Waals surface area contributed by atoms with Crippen molar-refractivity contribution in [2.45, 2.75) is 87.6 Å². The number of sulfonamides is 1. The van der Waals surface area contributed by atoms with E-state index in [1.807, 2.05) is 25.1 Å². The second kappa shape index (κ2) is 12.8. The minimum absolute atomic E-state index is 0.110. The zero-order chi connectivity index (χ0) is 32.1. The van der Waals surface area contributed by atoms with E-state index in [0.717, 1.165) is 55.7 Å². The molecule has 2 bridgehead atoms. The van der Waals surface area contributed by atoms with E-state index < -0.39 is 27.3 Å². The number of aliphatic hydroxyl groups excluding tert-OH is 1. The van der Waals surface area contributed by atoms with Gasteiger partial charge in [0.1, 0.15) is 5.75 Å². The number of carbonyl (C=O) groups excluding carboxylic acids is 1. The van der Waals surface area contributed by atoms with Crippen molar-refractivity contribution in [2.75, 3.05) is 31.2 Å². The zero-order valence-corrected chi connectivity index (χ0v) is 28.1. The van der Waals surface area contributed by atoms with Gasteiger partial charge in [-0.2, -0.15) is 0 Å². The second-order valence-electron chi connectivity index (χ2n) is 14.3. The van der Waals surface area contributed by atoms with Crippen LogP contribution >= 0.6 is 11.6 Å². The van der Waals surface area contributed by atoms with Crippen molar-refractivity contribution in [3.05, 3.63) is 70.3 Å². The van der Waals surface area contributed by atoms with E-state index in [2.05, 4.69) is 21.8 Å². The average molecular weight is 669 g/mol. The molecule has 3 heterocycles. The van der Waals surface area contributed by atoms with Gasteiger partial charge in [-0.3, -0.25) is 4.79 Å². The largest absolute Gasteiger partial charge is 0.490 e. The maximum absolute atomic E-state index is 13.9. The highest BCUT2D eigenvalue weighted by Crippen LogP contribution is 2.47. The Morgan fingerprint density at radius 2 is 2.00 bits per heavy atom. The summed E-state index contributed by atoms with van der Waals surface area (Å²) in [6, 6.07) is 11.4. The second-order valence-corrected chi connectivity index (χ2v) is 16.6. The first-order chi connectivity index (χ1) is 22.1. The van der Waals surface area contributed by atoms with Crippen LogP contribution in [0.25, 0.3) is 0 Å². The Hall–Kier alpha value is -2.59. The summed E-state index contributed by atoms with van der Waals surface area (Å²) in [4.78, 5) is 16.0. The van der Waals surface area contributed by atoms with Gasteiger partial charge in [-0.15, -0.1) is 0 Å². The fraction of sp³-hybridized carbons (Fsp3) is 0.583. The van der Waals surface area contributed by atoms with Crippen molar-refractivity contribution >= 4 is 33.2 Å². The van der Waals surface area contributed by atoms with Gasteiger partial charge in [0.25, 0.3) is 5.91 Å². The normalized spacial score (nSPS) is 34.8. The number of allylic oxidation sites excluding steroid dienone is 1. The van der Waals surface area contributed by atoms with E-state index >= 15 is 0 Å². The van der Waals surface area contributed by atoms with Crippen molar-refractivity contribution in [2.24, 2.45) is 17.8 Å². The van der Waals surface area contributed by atoms with Crippen LogP contribution in [0, 0.1) is 17.8 Å². The summed E-state index contributed by atoms with van der Waals surface area (Å²) < 4.78 is 42.5. The molecule has 2 fully saturated rings. The van der Waals surface area contributed by atoms with E-state index in [4.69, 9.17) is 21.1 Å². The average Bonchev–Trinajstić information content (AvgIpc) is 3.47. The summed E-state index contributed by atoms with van der Waals surface area (Å²) in [5.74, 6) is 0.149. The summed E-state index contributed by atoms with van der Waals surface area (Å²) in [7, 11) is -4.04. The van der Waals surface area contributed by atoms with Gasteiger partial charge in [0.05, 0.1) is 29.8 Å². The topological polar surface area (TPSA) is 105 Å². The van der Waals surface area contributed by atoms with Crippen LogP contribution in [0.3, 0.4) is 0 Å². The van der Waals surface area contributed by atoms with Crippen molar-refractivity contribution < 1.29 is 27.8 Å². The van der Waals surface area contributed by atoms with Gasteiger partial charge in [0.15, 0.2) is 0 Å². The predicted octanol–water partition coefficient (Wildman–Crippen LogP) is 5.79. The summed E-state index contributed by atoms with van der Waals surface area (Å²) in [5.41, 5.74) is 3.31. The van der Waals surface area contributed by atoms with Gasteiger partial charge in [-0.25, -0.2) is 13.1 Å². The van der Waals surface area contributed by atoms with E-state index in [1.54, 1.807) is 18.2 Å². The standard InChI is InChI=1S/C36H45ClN2O6S/c1-23-5-2-8-32(40)29-12-9-26(29)20-39-21-36(15-3-6-24-17-27(37)11-13-30(24)36)22-45-33-14-10-25(18-31(33)39)35(41)38-46(42,43)34(23)19-28-7-4-16-44-28/h2,8,10-11,13-14,17-18,23,26,28-29,32,34,40H,3-7,9,12,15-16,19-22H2,1H3,(H,38,41)/b8-2+/t23-,26-,28-,29+,32-,34-,36-/m0/s1. The molecule has 2 aromatic rings. The van der Waals surface area contributed by atoms with Crippen LogP contribution in [0.5, 0.6) is 5.75 Å². The lowest BCUT2D eigenvalue weighted by Crippen LogP contribution is -2.49. The molecule has 10 heteroatoms. The number of fused-ring (bicyclic) bond motifs is 4. The first-order valence-corrected chi connectivity index (χ1v) is 18.9. The Labute approximate surface area is 277 Å². The Morgan fingerprint density at radius 3 is 2.78 bits per heavy atom. The lowest BCUT2D eigenvalue weighted by Gasteiger charge is -2.45. The molecule has 248 valence electrons. The minimum Gasteiger partial charge on any atom is -0.490 e. The number of aryl methyl sites for hydroxylation is 1. The predicted molar refractivity (Wildman–Crippen MR) is 179 cm³/mol. The molecule has 0 unspecified atom stereocenters. The highest BCUT2D eigenvalue weighted by Gasteiger charge is 2.44. The molecule has 7 atom stereocenters. The quantitative estimate of drug-likeness (QED) is 0.390. The molecule has 8 nitrogen and oxygen atoms in total. The van der Waals surface area contributed by atoms with Crippen LogP contribution in [0.15, 0.2) is 48.6 Å². The molecule has 46 heavy (non-hydrogen) atoms. The van der Waals surface area contributed by atoms with Crippen molar-refractivity contribution in [3.8, 4) is 5.75 Å². The van der Waals surface area contributed by atoms with Gasteiger partial charge in [0, 0.05) is 35.7 Å². The number of hydrogen-bond donors (Lipinski definition) is 2. The lowest BCUT2D eigenvalue weighted by molar-refractivity contribution is 0.0455. The first-order valence-electron chi connectivity index (χ1n) is 16.9. The van der Waals surface area contributed by atoms with Crippen molar-refractivity contribution in [1.82, 2.24) is 4.72 Å². The van der Waals surface area contributed by atoms with Crippen molar-refractivity contribution in [3.63, 3.8) is 0 Å². The maximum atomic E-state index is 13.9. The molecular formula is C36H45ClN2O6S. The molecule has 3 aliphatic heterocycles. The van der Waals surface area contributed by atoms with Gasteiger partial charge in [-0.05, 0) is 117 Å². The van der Waals surface area contributed by atoms with Gasteiger partial charge >= 0.3 is 0 Å². The lowest BCUT2D eigenvalue weighted by atomic mass is 9.68. The number of aliphatic hydroxyl groups is 1. The highest BCUT2D eigenvalue weighted by molar-refractivity contribution is 7.90. The van der Waals surface area contributed by atoms with Crippen LogP contribution in [-0.2, 0) is 26.6 Å². The maximum Gasteiger partial charge on any atom is 0.264 e. The monoisotopic (exact) mass is 668 g/mol. The Kier molecular flexibility index (Phi) is 8.89. The Balaban J connectivity index is 1.27. The van der Waals surface area contributed by atoms with Crippen LogP contribution in [0.1, 0.15) is 79.8 Å². The summed E-state index contributed by atoms with van der Waals surface area (Å²) in [6.07, 6.45) is 10.4. The zero-order valence-electron chi connectivity index (χ0n) is 26.5. The fourth-order valence-electron chi connectivity index (χ4n) is 8.55. The van der Waals surface area contributed by atoms with Crippen LogP contribution in [0.4, 0.5) is 5.69 Å². The number of ether oxygens (including phenoxy) is 2. The Morgan fingerprint density at radius 1 is 1.13 bits per heavy atom. The van der Waals surface area contributed by atoms with Crippen LogP contribution in [0.2, 0.25) is 5.02 Å². The van der Waals surface area contributed by atoms with Crippen molar-refractivity contribution in [1.29, 1.82) is 0 Å². The Bertz CT molecular complexity index is 1610. The molecule has 1 saturated carbocycles. The number of benzene rings is 2.